The number of aromatic amines is 1. The van der Waals surface area contributed by atoms with Crippen LogP contribution in [0, 0.1) is 6.92 Å². The lowest BCUT2D eigenvalue weighted by Crippen LogP contribution is -2.35. The lowest BCUT2D eigenvalue weighted by molar-refractivity contribution is 0.394. The van der Waals surface area contributed by atoms with Crippen LogP contribution in [-0.4, -0.2) is 27.8 Å². The number of rotatable bonds is 2. The fraction of sp³-hybridized carbons (Fsp3) is 0.778. The van der Waals surface area contributed by atoms with Crippen LogP contribution in [0.3, 0.4) is 0 Å². The molecular weight excluding hydrogens is 164 g/mol. The van der Waals surface area contributed by atoms with Gasteiger partial charge >= 0.3 is 0 Å². The highest BCUT2D eigenvalue weighted by Gasteiger charge is 2.14. The van der Waals surface area contributed by atoms with E-state index in [1.54, 1.807) is 0 Å². The molecule has 1 aliphatic rings. The van der Waals surface area contributed by atoms with Crippen LogP contribution >= 0.6 is 0 Å². The van der Waals surface area contributed by atoms with Crippen molar-refractivity contribution in [3.63, 3.8) is 0 Å². The summed E-state index contributed by atoms with van der Waals surface area (Å²) in [7, 11) is 0. The molecule has 0 saturated carbocycles. The summed E-state index contributed by atoms with van der Waals surface area (Å²) in [6.07, 6.45) is 4.86. The van der Waals surface area contributed by atoms with Gasteiger partial charge in [0.15, 0.2) is 5.82 Å². The molecule has 13 heavy (non-hydrogen) atoms. The smallest absolute Gasteiger partial charge is 0.152 e. The first kappa shape index (κ1) is 8.69. The third kappa shape index (κ3) is 2.28. The van der Waals surface area contributed by atoms with Crippen LogP contribution in [0.4, 0.5) is 0 Å². The third-order valence-corrected chi connectivity index (χ3v) is 2.48. The Morgan fingerprint density at radius 3 is 3.00 bits per heavy atom. The van der Waals surface area contributed by atoms with Crippen molar-refractivity contribution < 1.29 is 0 Å². The summed E-state index contributed by atoms with van der Waals surface area (Å²) in [6.45, 7) is 3.08. The molecule has 0 spiro atoms. The van der Waals surface area contributed by atoms with Gasteiger partial charge in [-0.3, -0.25) is 5.10 Å². The quantitative estimate of drug-likeness (QED) is 0.707. The van der Waals surface area contributed by atoms with E-state index in [-0.39, 0.29) is 0 Å². The van der Waals surface area contributed by atoms with Crippen molar-refractivity contribution in [1.29, 1.82) is 0 Å². The molecule has 4 nitrogen and oxygen atoms in total. The second-order valence-corrected chi connectivity index (χ2v) is 3.69. The summed E-state index contributed by atoms with van der Waals surface area (Å²) in [5, 5.41) is 10.5. The Labute approximate surface area is 78.1 Å². The highest BCUT2D eigenvalue weighted by molar-refractivity contribution is 4.92. The lowest BCUT2D eigenvalue weighted by Gasteiger charge is -2.21. The Morgan fingerprint density at radius 2 is 2.38 bits per heavy atom. The van der Waals surface area contributed by atoms with Crippen LogP contribution in [0.15, 0.2) is 0 Å². The van der Waals surface area contributed by atoms with Gasteiger partial charge in [0.1, 0.15) is 5.82 Å². The Morgan fingerprint density at radius 1 is 1.46 bits per heavy atom. The van der Waals surface area contributed by atoms with Gasteiger partial charge in [0.05, 0.1) is 0 Å². The SMILES string of the molecule is Cc1nc(CC2CCCCN2)n[nH]1. The second-order valence-electron chi connectivity index (χ2n) is 3.69. The molecular formula is C9H16N4. The van der Waals surface area contributed by atoms with Gasteiger partial charge in [-0.25, -0.2) is 4.98 Å². The van der Waals surface area contributed by atoms with Crippen LogP contribution in [0.2, 0.25) is 0 Å². The van der Waals surface area contributed by atoms with Crippen molar-refractivity contribution in [3.8, 4) is 0 Å². The van der Waals surface area contributed by atoms with E-state index < -0.39 is 0 Å². The number of nitrogens with one attached hydrogen (secondary N) is 2. The van der Waals surface area contributed by atoms with Crippen molar-refractivity contribution in [2.24, 2.45) is 0 Å². The monoisotopic (exact) mass is 180 g/mol. The molecule has 1 fully saturated rings. The molecule has 1 aromatic rings. The molecule has 1 saturated heterocycles. The van der Waals surface area contributed by atoms with Crippen molar-refractivity contribution in [3.05, 3.63) is 11.6 Å². The molecule has 0 amide bonds. The predicted octanol–water partition coefficient (Wildman–Crippen LogP) is 0.798. The summed E-state index contributed by atoms with van der Waals surface area (Å²) in [4.78, 5) is 4.30. The van der Waals surface area contributed by atoms with Crippen molar-refractivity contribution in [2.75, 3.05) is 6.54 Å². The maximum Gasteiger partial charge on any atom is 0.152 e. The molecule has 1 aromatic heterocycles. The van der Waals surface area contributed by atoms with Crippen molar-refractivity contribution in [2.45, 2.75) is 38.6 Å². The lowest BCUT2D eigenvalue weighted by atomic mass is 10.0. The highest BCUT2D eigenvalue weighted by atomic mass is 15.2. The van der Waals surface area contributed by atoms with E-state index >= 15 is 0 Å². The van der Waals surface area contributed by atoms with Gasteiger partial charge in [-0.2, -0.15) is 5.10 Å². The number of H-pyrrole nitrogens is 1. The summed E-state index contributed by atoms with van der Waals surface area (Å²) in [5.41, 5.74) is 0. The van der Waals surface area contributed by atoms with Gasteiger partial charge in [-0.15, -0.1) is 0 Å². The Kier molecular flexibility index (Phi) is 2.59. The predicted molar refractivity (Wildman–Crippen MR) is 50.5 cm³/mol. The summed E-state index contributed by atoms with van der Waals surface area (Å²) < 4.78 is 0. The van der Waals surface area contributed by atoms with E-state index in [9.17, 15) is 0 Å². The molecule has 2 heterocycles. The molecule has 2 rings (SSSR count). The molecule has 0 aromatic carbocycles. The fourth-order valence-electron chi connectivity index (χ4n) is 1.80. The zero-order valence-corrected chi connectivity index (χ0v) is 8.01. The molecule has 1 unspecified atom stereocenters. The number of aryl methyl sites for hydroxylation is 1. The minimum atomic E-state index is 0.587. The zero-order chi connectivity index (χ0) is 9.10. The molecule has 0 bridgehead atoms. The van der Waals surface area contributed by atoms with Gasteiger partial charge in [0, 0.05) is 12.5 Å². The Balaban J connectivity index is 1.89. The van der Waals surface area contributed by atoms with E-state index in [1.807, 2.05) is 6.92 Å². The minimum Gasteiger partial charge on any atom is -0.314 e. The summed E-state index contributed by atoms with van der Waals surface area (Å²) in [5.74, 6) is 1.85. The van der Waals surface area contributed by atoms with Gasteiger partial charge < -0.3 is 5.32 Å². The van der Waals surface area contributed by atoms with E-state index in [0.29, 0.717) is 6.04 Å². The van der Waals surface area contributed by atoms with E-state index in [2.05, 4.69) is 20.5 Å². The van der Waals surface area contributed by atoms with E-state index in [1.165, 1.54) is 19.3 Å². The third-order valence-electron chi connectivity index (χ3n) is 2.48. The van der Waals surface area contributed by atoms with Crippen LogP contribution < -0.4 is 5.32 Å². The molecule has 0 radical (unpaired) electrons. The maximum absolute atomic E-state index is 4.30. The van der Waals surface area contributed by atoms with Crippen molar-refractivity contribution in [1.82, 2.24) is 20.5 Å². The van der Waals surface area contributed by atoms with Gasteiger partial charge in [-0.05, 0) is 26.3 Å². The van der Waals surface area contributed by atoms with Gasteiger partial charge in [-0.1, -0.05) is 6.42 Å². The normalized spacial score (nSPS) is 23.3. The van der Waals surface area contributed by atoms with Crippen LogP contribution in [-0.2, 0) is 6.42 Å². The average Bonchev–Trinajstić information content (AvgIpc) is 2.53. The van der Waals surface area contributed by atoms with E-state index in [0.717, 1.165) is 24.6 Å². The minimum absolute atomic E-state index is 0.587. The molecule has 2 N–H and O–H groups in total. The van der Waals surface area contributed by atoms with Gasteiger partial charge in [0.25, 0.3) is 0 Å². The fourth-order valence-corrected chi connectivity index (χ4v) is 1.80. The van der Waals surface area contributed by atoms with Crippen LogP contribution in [0.1, 0.15) is 30.9 Å². The Hall–Kier alpha value is -0.900. The first-order valence-corrected chi connectivity index (χ1v) is 4.96. The number of nitrogens with zero attached hydrogens (tertiary/aromatic N) is 2. The molecule has 1 atom stereocenters. The number of hydrogen-bond donors (Lipinski definition) is 2. The highest BCUT2D eigenvalue weighted by Crippen LogP contribution is 2.10. The molecule has 0 aliphatic carbocycles. The second kappa shape index (κ2) is 3.87. The largest absolute Gasteiger partial charge is 0.314 e. The first-order valence-electron chi connectivity index (χ1n) is 4.96. The summed E-state index contributed by atoms with van der Waals surface area (Å²) >= 11 is 0. The topological polar surface area (TPSA) is 53.6 Å². The number of aromatic nitrogens is 3. The average molecular weight is 180 g/mol. The molecule has 72 valence electrons. The van der Waals surface area contributed by atoms with E-state index in [4.69, 9.17) is 0 Å². The van der Waals surface area contributed by atoms with Gasteiger partial charge in [0.2, 0.25) is 0 Å². The maximum atomic E-state index is 4.30. The number of hydrogen-bond acceptors (Lipinski definition) is 3. The standard InChI is InChI=1S/C9H16N4/c1-7-11-9(13-12-7)6-8-4-2-3-5-10-8/h8,10H,2-6H2,1H3,(H,11,12,13). The molecule has 1 aliphatic heterocycles. The zero-order valence-electron chi connectivity index (χ0n) is 8.01. The first-order chi connectivity index (χ1) is 6.34. The summed E-state index contributed by atoms with van der Waals surface area (Å²) in [6, 6.07) is 0.587. The Bertz CT molecular complexity index is 262. The van der Waals surface area contributed by atoms with Crippen molar-refractivity contribution >= 4 is 0 Å². The van der Waals surface area contributed by atoms with Crippen LogP contribution in [0.25, 0.3) is 0 Å². The molecule has 4 heteroatoms. The van der Waals surface area contributed by atoms with Crippen LogP contribution in [0.5, 0.6) is 0 Å². The number of piperidine rings is 1.